The highest BCUT2D eigenvalue weighted by Crippen LogP contribution is 2.19. The summed E-state index contributed by atoms with van der Waals surface area (Å²) in [6.45, 7) is 0. The summed E-state index contributed by atoms with van der Waals surface area (Å²) in [6, 6.07) is 11.9. The summed E-state index contributed by atoms with van der Waals surface area (Å²) in [5, 5.41) is 9.14. The zero-order valence-electron chi connectivity index (χ0n) is 11.2. The van der Waals surface area contributed by atoms with E-state index in [2.05, 4.69) is 20.6 Å². The molecule has 0 bridgehead atoms. The largest absolute Gasteiger partial charge is 0.331 e. The Morgan fingerprint density at radius 1 is 1.15 bits per heavy atom. The van der Waals surface area contributed by atoms with Gasteiger partial charge in [0.1, 0.15) is 17.4 Å². The van der Waals surface area contributed by atoms with Crippen molar-refractivity contribution in [1.82, 2.24) is 14.5 Å². The lowest BCUT2D eigenvalue weighted by Crippen LogP contribution is -2.00. The number of pyridine rings is 1. The average Bonchev–Trinajstić information content (AvgIpc) is 2.83. The Bertz CT molecular complexity index is 781. The SMILES string of the molecule is Cn1c(CCc2ccncc2)nc2c(C#N)cccc21. The van der Waals surface area contributed by atoms with Crippen molar-refractivity contribution in [3.63, 3.8) is 0 Å². The van der Waals surface area contributed by atoms with Crippen molar-refractivity contribution in [2.45, 2.75) is 12.8 Å². The van der Waals surface area contributed by atoms with Crippen molar-refractivity contribution in [2.24, 2.45) is 7.05 Å². The van der Waals surface area contributed by atoms with Crippen LogP contribution in [-0.4, -0.2) is 14.5 Å². The molecule has 0 saturated heterocycles. The van der Waals surface area contributed by atoms with E-state index in [4.69, 9.17) is 5.26 Å². The smallest absolute Gasteiger partial charge is 0.109 e. The van der Waals surface area contributed by atoms with Gasteiger partial charge in [-0.15, -0.1) is 0 Å². The minimum Gasteiger partial charge on any atom is -0.331 e. The molecule has 0 amide bonds. The average molecular weight is 262 g/mol. The van der Waals surface area contributed by atoms with Crippen molar-refractivity contribution in [1.29, 1.82) is 5.26 Å². The minimum absolute atomic E-state index is 0.633. The van der Waals surface area contributed by atoms with Gasteiger partial charge in [-0.3, -0.25) is 4.98 Å². The number of para-hydroxylation sites is 1. The van der Waals surface area contributed by atoms with Gasteiger partial charge in [0, 0.05) is 25.9 Å². The van der Waals surface area contributed by atoms with E-state index in [9.17, 15) is 0 Å². The maximum Gasteiger partial charge on any atom is 0.109 e. The van der Waals surface area contributed by atoms with Gasteiger partial charge in [-0.2, -0.15) is 5.26 Å². The van der Waals surface area contributed by atoms with Gasteiger partial charge in [0.25, 0.3) is 0 Å². The van der Waals surface area contributed by atoms with E-state index >= 15 is 0 Å². The van der Waals surface area contributed by atoms with E-state index in [0.29, 0.717) is 5.56 Å². The van der Waals surface area contributed by atoms with Crippen LogP contribution in [0.25, 0.3) is 11.0 Å². The Balaban J connectivity index is 1.93. The summed E-state index contributed by atoms with van der Waals surface area (Å²) in [7, 11) is 2.00. The second kappa shape index (κ2) is 5.14. The Kier molecular flexibility index (Phi) is 3.18. The standard InChI is InChI=1S/C16H14N4/c1-20-14-4-2-3-13(11-17)16(14)19-15(20)6-5-12-7-9-18-10-8-12/h2-4,7-10H,5-6H2,1H3. The Morgan fingerprint density at radius 2 is 1.95 bits per heavy atom. The van der Waals surface area contributed by atoms with Crippen molar-refractivity contribution in [2.75, 3.05) is 0 Å². The van der Waals surface area contributed by atoms with Crippen LogP contribution in [0.15, 0.2) is 42.7 Å². The third kappa shape index (κ3) is 2.14. The van der Waals surface area contributed by atoms with E-state index in [1.165, 1.54) is 5.56 Å². The summed E-state index contributed by atoms with van der Waals surface area (Å²) in [4.78, 5) is 8.64. The molecule has 20 heavy (non-hydrogen) atoms. The fourth-order valence-corrected chi connectivity index (χ4v) is 2.38. The summed E-state index contributed by atoms with van der Waals surface area (Å²) >= 11 is 0. The molecule has 0 aliphatic carbocycles. The molecule has 0 N–H and O–H groups in total. The lowest BCUT2D eigenvalue weighted by atomic mass is 10.1. The van der Waals surface area contributed by atoms with E-state index in [1.807, 2.05) is 37.4 Å². The molecule has 3 rings (SSSR count). The van der Waals surface area contributed by atoms with Crippen LogP contribution in [0.1, 0.15) is 17.0 Å². The molecule has 0 radical (unpaired) electrons. The number of aryl methyl sites for hydroxylation is 3. The number of hydrogen-bond acceptors (Lipinski definition) is 3. The molecule has 3 aromatic rings. The Hall–Kier alpha value is -2.67. The predicted molar refractivity (Wildman–Crippen MR) is 77.1 cm³/mol. The summed E-state index contributed by atoms with van der Waals surface area (Å²) < 4.78 is 2.07. The van der Waals surface area contributed by atoms with Crippen LogP contribution in [-0.2, 0) is 19.9 Å². The molecule has 98 valence electrons. The maximum atomic E-state index is 9.14. The molecule has 2 heterocycles. The summed E-state index contributed by atoms with van der Waals surface area (Å²) in [5.74, 6) is 1.000. The monoisotopic (exact) mass is 262 g/mol. The van der Waals surface area contributed by atoms with E-state index < -0.39 is 0 Å². The second-order valence-corrected chi connectivity index (χ2v) is 4.73. The third-order valence-electron chi connectivity index (χ3n) is 3.51. The number of nitrogens with zero attached hydrogens (tertiary/aromatic N) is 4. The number of fused-ring (bicyclic) bond motifs is 1. The lowest BCUT2D eigenvalue weighted by molar-refractivity contribution is 0.786. The van der Waals surface area contributed by atoms with Gasteiger partial charge in [-0.1, -0.05) is 6.07 Å². The normalized spacial score (nSPS) is 10.6. The Morgan fingerprint density at radius 3 is 2.70 bits per heavy atom. The fraction of sp³-hybridized carbons (Fsp3) is 0.188. The van der Waals surface area contributed by atoms with Crippen molar-refractivity contribution in [3.05, 3.63) is 59.7 Å². The van der Waals surface area contributed by atoms with Gasteiger partial charge in [0.2, 0.25) is 0 Å². The van der Waals surface area contributed by atoms with E-state index in [0.717, 1.165) is 29.7 Å². The number of imidazole rings is 1. The molecule has 0 saturated carbocycles. The highest BCUT2D eigenvalue weighted by atomic mass is 15.1. The lowest BCUT2D eigenvalue weighted by Gasteiger charge is -2.02. The zero-order chi connectivity index (χ0) is 13.9. The van der Waals surface area contributed by atoms with Gasteiger partial charge in [0.05, 0.1) is 11.1 Å². The maximum absolute atomic E-state index is 9.14. The molecule has 0 aliphatic heterocycles. The van der Waals surface area contributed by atoms with Gasteiger partial charge >= 0.3 is 0 Å². The number of hydrogen-bond donors (Lipinski definition) is 0. The van der Waals surface area contributed by atoms with Crippen molar-refractivity contribution >= 4 is 11.0 Å². The van der Waals surface area contributed by atoms with Gasteiger partial charge in [-0.25, -0.2) is 4.98 Å². The van der Waals surface area contributed by atoms with Crippen molar-refractivity contribution in [3.8, 4) is 6.07 Å². The molecular formula is C16H14N4. The highest BCUT2D eigenvalue weighted by molar-refractivity contribution is 5.82. The molecule has 0 aliphatic rings. The zero-order valence-corrected chi connectivity index (χ0v) is 11.2. The van der Waals surface area contributed by atoms with E-state index in [-0.39, 0.29) is 0 Å². The molecule has 2 aromatic heterocycles. The van der Waals surface area contributed by atoms with Crippen molar-refractivity contribution < 1.29 is 0 Å². The first-order valence-corrected chi connectivity index (χ1v) is 6.53. The molecule has 0 atom stereocenters. The van der Waals surface area contributed by atoms with Gasteiger partial charge in [-0.05, 0) is 36.2 Å². The number of aromatic nitrogens is 3. The van der Waals surface area contributed by atoms with Gasteiger partial charge < -0.3 is 4.57 Å². The van der Waals surface area contributed by atoms with Crippen LogP contribution in [0.4, 0.5) is 0 Å². The van der Waals surface area contributed by atoms with Crippen LogP contribution in [0.5, 0.6) is 0 Å². The molecule has 0 fully saturated rings. The van der Waals surface area contributed by atoms with Crippen LogP contribution < -0.4 is 0 Å². The summed E-state index contributed by atoms with van der Waals surface area (Å²) in [5.41, 5.74) is 3.68. The molecule has 0 spiro atoms. The van der Waals surface area contributed by atoms with E-state index in [1.54, 1.807) is 12.4 Å². The first-order valence-electron chi connectivity index (χ1n) is 6.53. The first-order chi connectivity index (χ1) is 9.79. The molecule has 1 aromatic carbocycles. The molecule has 4 nitrogen and oxygen atoms in total. The van der Waals surface area contributed by atoms with Crippen LogP contribution in [0.2, 0.25) is 0 Å². The topological polar surface area (TPSA) is 54.5 Å². The van der Waals surface area contributed by atoms with Crippen LogP contribution >= 0.6 is 0 Å². The molecule has 4 heteroatoms. The second-order valence-electron chi connectivity index (χ2n) is 4.73. The number of benzene rings is 1. The Labute approximate surface area is 117 Å². The summed E-state index contributed by atoms with van der Waals surface area (Å²) in [6.07, 6.45) is 5.37. The first kappa shape index (κ1) is 12.4. The fourth-order valence-electron chi connectivity index (χ4n) is 2.38. The predicted octanol–water partition coefficient (Wildman–Crippen LogP) is 2.63. The van der Waals surface area contributed by atoms with Crippen LogP contribution in [0, 0.1) is 11.3 Å². The number of nitriles is 1. The quantitative estimate of drug-likeness (QED) is 0.729. The minimum atomic E-state index is 0.633. The molecular weight excluding hydrogens is 248 g/mol. The molecule has 0 unspecified atom stereocenters. The van der Waals surface area contributed by atoms with Crippen LogP contribution in [0.3, 0.4) is 0 Å². The highest BCUT2D eigenvalue weighted by Gasteiger charge is 2.10. The third-order valence-corrected chi connectivity index (χ3v) is 3.51. The van der Waals surface area contributed by atoms with Gasteiger partial charge in [0.15, 0.2) is 0 Å². The number of rotatable bonds is 3.